The average Bonchev–Trinajstić information content (AvgIpc) is 2.40. The van der Waals surface area contributed by atoms with Gasteiger partial charge in [-0.2, -0.15) is 0 Å². The summed E-state index contributed by atoms with van der Waals surface area (Å²) in [4.78, 5) is 7.16. The van der Waals surface area contributed by atoms with Crippen molar-refractivity contribution in [1.29, 1.82) is 0 Å². The van der Waals surface area contributed by atoms with Crippen LogP contribution in [-0.4, -0.2) is 23.1 Å². The molecule has 2 N–H and O–H groups in total. The van der Waals surface area contributed by atoms with Gasteiger partial charge in [0.2, 0.25) is 0 Å². The fourth-order valence-electron chi connectivity index (χ4n) is 1.96. The number of anilines is 1. The Bertz CT molecular complexity index is 371. The van der Waals surface area contributed by atoms with Crippen LogP contribution in [0.1, 0.15) is 39.2 Å². The van der Waals surface area contributed by atoms with Crippen molar-refractivity contribution in [2.75, 3.05) is 18.0 Å². The van der Waals surface area contributed by atoms with E-state index in [9.17, 15) is 0 Å². The standard InChI is InChI=1S/C14H23N3S/c1-4-11(5-2)10-17(6-3)13-8-7-12(9-16-13)14(15)18/h7-9,11H,4-6,10H2,1-3H3,(H2,15,18). The van der Waals surface area contributed by atoms with Gasteiger partial charge in [-0.15, -0.1) is 0 Å². The van der Waals surface area contributed by atoms with E-state index in [1.807, 2.05) is 12.1 Å². The van der Waals surface area contributed by atoms with Crippen molar-refractivity contribution in [3.05, 3.63) is 23.9 Å². The quantitative estimate of drug-likeness (QED) is 0.770. The van der Waals surface area contributed by atoms with E-state index in [-0.39, 0.29) is 0 Å². The molecule has 0 spiro atoms. The highest BCUT2D eigenvalue weighted by molar-refractivity contribution is 7.80. The lowest BCUT2D eigenvalue weighted by Gasteiger charge is -2.26. The predicted octanol–water partition coefficient (Wildman–Crippen LogP) is 2.98. The Morgan fingerprint density at radius 1 is 1.33 bits per heavy atom. The third-order valence-corrected chi connectivity index (χ3v) is 3.61. The maximum Gasteiger partial charge on any atom is 0.128 e. The molecule has 0 saturated carbocycles. The molecule has 0 saturated heterocycles. The van der Waals surface area contributed by atoms with Crippen LogP contribution in [0.2, 0.25) is 0 Å². The molecule has 0 amide bonds. The Kier molecular flexibility index (Phi) is 6.05. The fraction of sp³-hybridized carbons (Fsp3) is 0.571. The van der Waals surface area contributed by atoms with E-state index in [0.29, 0.717) is 4.99 Å². The van der Waals surface area contributed by atoms with Crippen LogP contribution in [0, 0.1) is 5.92 Å². The van der Waals surface area contributed by atoms with Gasteiger partial charge in [-0.3, -0.25) is 0 Å². The minimum Gasteiger partial charge on any atom is -0.389 e. The maximum atomic E-state index is 5.57. The van der Waals surface area contributed by atoms with Crippen molar-refractivity contribution in [3.63, 3.8) is 0 Å². The molecule has 0 aliphatic carbocycles. The molecule has 18 heavy (non-hydrogen) atoms. The van der Waals surface area contributed by atoms with Crippen LogP contribution < -0.4 is 10.6 Å². The van der Waals surface area contributed by atoms with E-state index in [2.05, 4.69) is 30.7 Å². The molecule has 0 fully saturated rings. The first kappa shape index (κ1) is 14.9. The molecule has 1 aromatic rings. The van der Waals surface area contributed by atoms with Crippen LogP contribution in [0.3, 0.4) is 0 Å². The Hall–Kier alpha value is -1.16. The molecule has 0 atom stereocenters. The van der Waals surface area contributed by atoms with Gasteiger partial charge in [0.15, 0.2) is 0 Å². The second-order valence-electron chi connectivity index (χ2n) is 4.49. The van der Waals surface area contributed by atoms with Crippen LogP contribution in [0.4, 0.5) is 5.82 Å². The van der Waals surface area contributed by atoms with Gasteiger partial charge in [0, 0.05) is 24.8 Å². The van der Waals surface area contributed by atoms with Crippen LogP contribution in [0.25, 0.3) is 0 Å². The Morgan fingerprint density at radius 2 is 2.00 bits per heavy atom. The van der Waals surface area contributed by atoms with E-state index in [1.165, 1.54) is 12.8 Å². The van der Waals surface area contributed by atoms with Gasteiger partial charge in [-0.1, -0.05) is 38.9 Å². The van der Waals surface area contributed by atoms with Gasteiger partial charge in [0.1, 0.15) is 10.8 Å². The minimum absolute atomic E-state index is 0.400. The Balaban J connectivity index is 2.78. The smallest absolute Gasteiger partial charge is 0.128 e. The van der Waals surface area contributed by atoms with Crippen molar-refractivity contribution in [1.82, 2.24) is 4.98 Å². The highest BCUT2D eigenvalue weighted by atomic mass is 32.1. The summed E-state index contributed by atoms with van der Waals surface area (Å²) in [6.45, 7) is 8.67. The molecule has 1 heterocycles. The van der Waals surface area contributed by atoms with E-state index in [1.54, 1.807) is 6.20 Å². The maximum absolute atomic E-state index is 5.57. The monoisotopic (exact) mass is 265 g/mol. The zero-order valence-corrected chi connectivity index (χ0v) is 12.3. The summed E-state index contributed by atoms with van der Waals surface area (Å²) >= 11 is 4.93. The number of aromatic nitrogens is 1. The summed E-state index contributed by atoms with van der Waals surface area (Å²) in [5, 5.41) is 0. The normalized spacial score (nSPS) is 10.7. The number of nitrogens with two attached hydrogens (primary N) is 1. The molecule has 0 bridgehead atoms. The summed E-state index contributed by atoms with van der Waals surface area (Å²) in [5.74, 6) is 1.73. The first-order chi connectivity index (χ1) is 8.62. The molecule has 3 nitrogen and oxygen atoms in total. The fourth-order valence-corrected chi connectivity index (χ4v) is 2.08. The molecule has 0 aliphatic heterocycles. The van der Waals surface area contributed by atoms with Crippen molar-refractivity contribution < 1.29 is 0 Å². The van der Waals surface area contributed by atoms with E-state index >= 15 is 0 Å². The molecule has 0 aliphatic rings. The predicted molar refractivity (Wildman–Crippen MR) is 82.1 cm³/mol. The third kappa shape index (κ3) is 3.95. The number of hydrogen-bond acceptors (Lipinski definition) is 3. The first-order valence-corrected chi connectivity index (χ1v) is 7.03. The van der Waals surface area contributed by atoms with Gasteiger partial charge < -0.3 is 10.6 Å². The summed E-state index contributed by atoms with van der Waals surface area (Å²) in [6.07, 6.45) is 4.17. The lowest BCUT2D eigenvalue weighted by molar-refractivity contribution is 0.484. The summed E-state index contributed by atoms with van der Waals surface area (Å²) < 4.78 is 0. The lowest BCUT2D eigenvalue weighted by Crippen LogP contribution is -2.29. The van der Waals surface area contributed by atoms with Crippen molar-refractivity contribution in [2.45, 2.75) is 33.6 Å². The molecular formula is C14H23N3S. The SMILES string of the molecule is CCC(CC)CN(CC)c1ccc(C(N)=S)cn1. The van der Waals surface area contributed by atoms with Crippen LogP contribution in [0.15, 0.2) is 18.3 Å². The van der Waals surface area contributed by atoms with Crippen molar-refractivity contribution in [2.24, 2.45) is 11.7 Å². The number of hydrogen-bond donors (Lipinski definition) is 1. The highest BCUT2D eigenvalue weighted by Crippen LogP contribution is 2.16. The van der Waals surface area contributed by atoms with Gasteiger partial charge in [-0.25, -0.2) is 4.98 Å². The Morgan fingerprint density at radius 3 is 2.39 bits per heavy atom. The number of rotatable bonds is 7. The van der Waals surface area contributed by atoms with E-state index < -0.39 is 0 Å². The van der Waals surface area contributed by atoms with E-state index in [4.69, 9.17) is 18.0 Å². The molecule has 4 heteroatoms. The van der Waals surface area contributed by atoms with Gasteiger partial charge >= 0.3 is 0 Å². The van der Waals surface area contributed by atoms with Gasteiger partial charge in [-0.05, 0) is 25.0 Å². The summed E-state index contributed by atoms with van der Waals surface area (Å²) in [7, 11) is 0. The molecule has 0 unspecified atom stereocenters. The number of thiocarbonyl (C=S) groups is 1. The molecule has 0 radical (unpaired) electrons. The van der Waals surface area contributed by atoms with Crippen molar-refractivity contribution in [3.8, 4) is 0 Å². The largest absolute Gasteiger partial charge is 0.389 e. The molecule has 0 aromatic carbocycles. The van der Waals surface area contributed by atoms with Crippen LogP contribution in [-0.2, 0) is 0 Å². The molecule has 1 rings (SSSR count). The van der Waals surface area contributed by atoms with Gasteiger partial charge in [0.05, 0.1) is 0 Å². The minimum atomic E-state index is 0.400. The highest BCUT2D eigenvalue weighted by Gasteiger charge is 2.11. The lowest BCUT2D eigenvalue weighted by atomic mass is 10.0. The topological polar surface area (TPSA) is 42.1 Å². The van der Waals surface area contributed by atoms with Crippen LogP contribution >= 0.6 is 12.2 Å². The summed E-state index contributed by atoms with van der Waals surface area (Å²) in [6, 6.07) is 3.95. The zero-order valence-electron chi connectivity index (χ0n) is 11.5. The second kappa shape index (κ2) is 7.31. The zero-order chi connectivity index (χ0) is 13.5. The van der Waals surface area contributed by atoms with E-state index in [0.717, 1.165) is 30.4 Å². The summed E-state index contributed by atoms with van der Waals surface area (Å²) in [5.41, 5.74) is 6.40. The molecular weight excluding hydrogens is 242 g/mol. The Labute approximate surface area is 115 Å². The average molecular weight is 265 g/mol. The van der Waals surface area contributed by atoms with Crippen LogP contribution in [0.5, 0.6) is 0 Å². The second-order valence-corrected chi connectivity index (χ2v) is 4.93. The van der Waals surface area contributed by atoms with Gasteiger partial charge in [0.25, 0.3) is 0 Å². The number of nitrogens with zero attached hydrogens (tertiary/aromatic N) is 2. The van der Waals surface area contributed by atoms with Crippen molar-refractivity contribution >= 4 is 23.0 Å². The first-order valence-electron chi connectivity index (χ1n) is 6.63. The molecule has 1 aromatic heterocycles. The third-order valence-electron chi connectivity index (χ3n) is 3.37. The number of pyridine rings is 1. The molecule has 100 valence electrons.